The molecular formula is C20H35N5O2. The smallest absolute Gasteiger partial charge is 0.241 e. The summed E-state index contributed by atoms with van der Waals surface area (Å²) in [5.41, 5.74) is 1.21. The van der Waals surface area contributed by atoms with E-state index in [2.05, 4.69) is 45.0 Å². The van der Waals surface area contributed by atoms with Crippen LogP contribution in [0.25, 0.3) is 0 Å². The summed E-state index contributed by atoms with van der Waals surface area (Å²) in [5.74, 6) is 0.598. The van der Waals surface area contributed by atoms with E-state index < -0.39 is 0 Å². The van der Waals surface area contributed by atoms with Crippen LogP contribution in [-0.2, 0) is 16.0 Å². The van der Waals surface area contributed by atoms with Gasteiger partial charge >= 0.3 is 0 Å². The van der Waals surface area contributed by atoms with E-state index in [0.717, 1.165) is 45.6 Å². The number of benzene rings is 1. The van der Waals surface area contributed by atoms with Crippen LogP contribution in [0.3, 0.4) is 0 Å². The van der Waals surface area contributed by atoms with E-state index >= 15 is 0 Å². The number of amides is 1. The Morgan fingerprint density at radius 1 is 1.11 bits per heavy atom. The van der Waals surface area contributed by atoms with Crippen molar-refractivity contribution in [2.75, 3.05) is 60.0 Å². The number of hydrogen-bond acceptors (Lipinski definition) is 4. The van der Waals surface area contributed by atoms with Crippen molar-refractivity contribution < 1.29 is 9.53 Å². The van der Waals surface area contributed by atoms with Crippen molar-refractivity contribution in [2.24, 2.45) is 4.99 Å². The van der Waals surface area contributed by atoms with Crippen LogP contribution in [0.1, 0.15) is 18.9 Å². The van der Waals surface area contributed by atoms with Gasteiger partial charge in [-0.15, -0.1) is 0 Å². The molecule has 0 unspecified atom stereocenters. The van der Waals surface area contributed by atoms with Gasteiger partial charge in [0.15, 0.2) is 5.96 Å². The lowest BCUT2D eigenvalue weighted by molar-refractivity contribution is -0.119. The minimum Gasteiger partial charge on any atom is -0.385 e. The number of rotatable bonds is 13. The Labute approximate surface area is 163 Å². The number of hydrogen-bond donors (Lipinski definition) is 3. The van der Waals surface area contributed by atoms with Crippen LogP contribution < -0.4 is 16.0 Å². The van der Waals surface area contributed by atoms with E-state index in [0.29, 0.717) is 12.5 Å². The molecule has 152 valence electrons. The normalized spacial score (nSPS) is 11.5. The van der Waals surface area contributed by atoms with Crippen molar-refractivity contribution in [1.82, 2.24) is 20.9 Å². The summed E-state index contributed by atoms with van der Waals surface area (Å²) in [5, 5.41) is 9.34. The molecule has 27 heavy (non-hydrogen) atoms. The van der Waals surface area contributed by atoms with E-state index in [1.807, 2.05) is 25.1 Å². The van der Waals surface area contributed by atoms with Gasteiger partial charge in [0.25, 0.3) is 0 Å². The second-order valence-electron chi connectivity index (χ2n) is 6.36. The zero-order valence-corrected chi connectivity index (χ0v) is 17.0. The van der Waals surface area contributed by atoms with Crippen molar-refractivity contribution in [3.8, 4) is 0 Å². The maximum Gasteiger partial charge on any atom is 0.241 e. The zero-order valence-electron chi connectivity index (χ0n) is 17.0. The van der Waals surface area contributed by atoms with E-state index in [-0.39, 0.29) is 12.5 Å². The minimum atomic E-state index is -0.0696. The SMILES string of the molecule is CCNC(=NCC(=O)NCCc1ccccc1)NCCN(C)CCCOC. The van der Waals surface area contributed by atoms with E-state index in [1.165, 1.54) is 5.56 Å². The van der Waals surface area contributed by atoms with Gasteiger partial charge in [-0.25, -0.2) is 4.99 Å². The van der Waals surface area contributed by atoms with Crippen molar-refractivity contribution in [1.29, 1.82) is 0 Å². The van der Waals surface area contributed by atoms with Gasteiger partial charge in [0.2, 0.25) is 5.91 Å². The number of nitrogens with zero attached hydrogens (tertiary/aromatic N) is 2. The van der Waals surface area contributed by atoms with Gasteiger partial charge in [-0.1, -0.05) is 30.3 Å². The Hall–Kier alpha value is -2.12. The molecule has 0 aliphatic heterocycles. The average molecular weight is 378 g/mol. The highest BCUT2D eigenvalue weighted by Gasteiger charge is 2.03. The van der Waals surface area contributed by atoms with Crippen molar-refractivity contribution in [3.05, 3.63) is 35.9 Å². The fourth-order valence-corrected chi connectivity index (χ4v) is 2.50. The summed E-state index contributed by atoms with van der Waals surface area (Å²) in [6.07, 6.45) is 1.84. The monoisotopic (exact) mass is 377 g/mol. The number of ether oxygens (including phenoxy) is 1. The molecular weight excluding hydrogens is 342 g/mol. The summed E-state index contributed by atoms with van der Waals surface area (Å²) < 4.78 is 5.06. The highest BCUT2D eigenvalue weighted by Crippen LogP contribution is 1.98. The second kappa shape index (κ2) is 15.0. The Bertz CT molecular complexity index is 536. The predicted molar refractivity (Wildman–Crippen MR) is 111 cm³/mol. The van der Waals surface area contributed by atoms with Crippen molar-refractivity contribution in [3.63, 3.8) is 0 Å². The van der Waals surface area contributed by atoms with Gasteiger partial charge in [-0.05, 0) is 32.4 Å². The Kier molecular flexibility index (Phi) is 12.7. The largest absolute Gasteiger partial charge is 0.385 e. The van der Waals surface area contributed by atoms with Crippen LogP contribution in [0.4, 0.5) is 0 Å². The number of likely N-dealkylation sites (N-methyl/N-ethyl adjacent to an activating group) is 1. The van der Waals surface area contributed by atoms with Crippen LogP contribution in [0, 0.1) is 0 Å². The van der Waals surface area contributed by atoms with Gasteiger partial charge in [0.05, 0.1) is 0 Å². The first kappa shape index (κ1) is 22.9. The molecule has 0 saturated carbocycles. The molecule has 7 heteroatoms. The molecule has 0 aromatic heterocycles. The number of carbonyl (C=O) groups excluding carboxylic acids is 1. The first-order valence-electron chi connectivity index (χ1n) is 9.66. The minimum absolute atomic E-state index is 0.0696. The third-order valence-corrected chi connectivity index (χ3v) is 3.98. The lowest BCUT2D eigenvalue weighted by Gasteiger charge is -2.18. The van der Waals surface area contributed by atoms with Gasteiger partial charge in [0.1, 0.15) is 6.54 Å². The molecule has 1 amide bonds. The molecule has 0 atom stereocenters. The van der Waals surface area contributed by atoms with Crippen LogP contribution >= 0.6 is 0 Å². The van der Waals surface area contributed by atoms with Gasteiger partial charge in [0, 0.05) is 46.4 Å². The molecule has 0 heterocycles. The van der Waals surface area contributed by atoms with Crippen molar-refractivity contribution in [2.45, 2.75) is 19.8 Å². The number of guanidine groups is 1. The van der Waals surface area contributed by atoms with E-state index in [4.69, 9.17) is 4.74 Å². The molecule has 0 fully saturated rings. The lowest BCUT2D eigenvalue weighted by atomic mass is 10.1. The van der Waals surface area contributed by atoms with Crippen LogP contribution in [0.5, 0.6) is 0 Å². The second-order valence-corrected chi connectivity index (χ2v) is 6.36. The first-order chi connectivity index (χ1) is 13.2. The standard InChI is InChI=1S/C20H35N5O2/c1-4-21-20(23-13-15-25(2)14-8-16-27-3)24-17-19(26)22-12-11-18-9-6-5-7-10-18/h5-7,9-10H,4,8,11-17H2,1-3H3,(H,22,26)(H2,21,23,24). The Balaban J connectivity index is 2.25. The van der Waals surface area contributed by atoms with Crippen molar-refractivity contribution >= 4 is 11.9 Å². The summed E-state index contributed by atoms with van der Waals surface area (Å²) >= 11 is 0. The third kappa shape index (κ3) is 12.0. The number of aliphatic imine (C=N–C) groups is 1. The fourth-order valence-electron chi connectivity index (χ4n) is 2.50. The first-order valence-corrected chi connectivity index (χ1v) is 9.66. The van der Waals surface area contributed by atoms with Gasteiger partial charge in [-0.2, -0.15) is 0 Å². The molecule has 0 bridgehead atoms. The van der Waals surface area contributed by atoms with E-state index in [9.17, 15) is 4.79 Å². The third-order valence-electron chi connectivity index (χ3n) is 3.98. The molecule has 0 aliphatic rings. The Morgan fingerprint density at radius 2 is 1.89 bits per heavy atom. The number of nitrogens with one attached hydrogen (secondary N) is 3. The molecule has 0 radical (unpaired) electrons. The Morgan fingerprint density at radius 3 is 2.59 bits per heavy atom. The molecule has 0 saturated heterocycles. The number of methoxy groups -OCH3 is 1. The highest BCUT2D eigenvalue weighted by molar-refractivity contribution is 5.84. The molecule has 0 aliphatic carbocycles. The maximum absolute atomic E-state index is 12.0. The lowest BCUT2D eigenvalue weighted by Crippen LogP contribution is -2.42. The van der Waals surface area contributed by atoms with Crippen LogP contribution in [-0.4, -0.2) is 76.8 Å². The van der Waals surface area contributed by atoms with Gasteiger partial charge < -0.3 is 25.6 Å². The predicted octanol–water partition coefficient (Wildman–Crippen LogP) is 0.869. The molecule has 1 aromatic carbocycles. The molecule has 0 spiro atoms. The molecule has 1 aromatic rings. The number of carbonyl (C=O) groups is 1. The topological polar surface area (TPSA) is 78.0 Å². The molecule has 1 rings (SSSR count). The molecule has 7 nitrogen and oxygen atoms in total. The quantitative estimate of drug-likeness (QED) is 0.270. The highest BCUT2D eigenvalue weighted by atomic mass is 16.5. The summed E-state index contributed by atoms with van der Waals surface area (Å²) in [7, 11) is 3.81. The summed E-state index contributed by atoms with van der Waals surface area (Å²) in [6, 6.07) is 10.1. The molecule has 3 N–H and O–H groups in total. The summed E-state index contributed by atoms with van der Waals surface area (Å²) in [4.78, 5) is 18.6. The van der Waals surface area contributed by atoms with E-state index in [1.54, 1.807) is 7.11 Å². The average Bonchev–Trinajstić information content (AvgIpc) is 2.67. The van der Waals surface area contributed by atoms with Crippen LogP contribution in [0.2, 0.25) is 0 Å². The summed E-state index contributed by atoms with van der Waals surface area (Å²) in [6.45, 7) is 6.94. The maximum atomic E-state index is 12.0. The fraction of sp³-hybridized carbons (Fsp3) is 0.600. The zero-order chi connectivity index (χ0) is 19.7. The van der Waals surface area contributed by atoms with Gasteiger partial charge in [-0.3, -0.25) is 4.79 Å². The van der Waals surface area contributed by atoms with Crippen LogP contribution in [0.15, 0.2) is 35.3 Å².